The van der Waals surface area contributed by atoms with Crippen molar-refractivity contribution in [3.05, 3.63) is 75.6 Å². The molecule has 4 heteroatoms. The van der Waals surface area contributed by atoms with E-state index in [1.807, 2.05) is 18.2 Å². The minimum absolute atomic E-state index is 0.273. The topological polar surface area (TPSA) is 43.9 Å². The number of nitrogens with one attached hydrogen (secondary N) is 1. The van der Waals surface area contributed by atoms with Crippen LogP contribution in [0.2, 0.25) is 0 Å². The average molecular weight is 364 g/mol. The molecule has 140 valence electrons. The fraction of sp³-hybridized carbons (Fsp3) is 0.348. The van der Waals surface area contributed by atoms with E-state index in [9.17, 15) is 4.79 Å². The lowest BCUT2D eigenvalue weighted by Crippen LogP contribution is -3.12. The standard InChI is InChI=1S/C23H25NO3/c1-3-4-8-18-13-22(25)27-23-19(18)11-12-21-20(23)14-24(15-26-21)16(2)17-9-6-5-7-10-17/h5-7,9-13,16H,3-4,8,14-15H2,1-2H3/p+1/t16-/m0/s1. The van der Waals surface area contributed by atoms with Gasteiger partial charge < -0.3 is 9.15 Å². The Labute approximate surface area is 159 Å². The van der Waals surface area contributed by atoms with Crippen LogP contribution in [-0.2, 0) is 13.0 Å². The second-order valence-corrected chi connectivity index (χ2v) is 7.37. The predicted molar refractivity (Wildman–Crippen MR) is 106 cm³/mol. The van der Waals surface area contributed by atoms with Crippen LogP contribution >= 0.6 is 0 Å². The smallest absolute Gasteiger partial charge is 0.336 e. The molecule has 2 aromatic carbocycles. The van der Waals surface area contributed by atoms with E-state index in [-0.39, 0.29) is 5.63 Å². The third kappa shape index (κ3) is 3.50. The van der Waals surface area contributed by atoms with Crippen molar-refractivity contribution in [3.8, 4) is 5.75 Å². The number of ether oxygens (including phenoxy) is 1. The molecule has 0 aliphatic carbocycles. The summed E-state index contributed by atoms with van der Waals surface area (Å²) in [6.45, 7) is 5.76. The Kier molecular flexibility index (Phi) is 4.99. The molecule has 0 radical (unpaired) electrons. The summed E-state index contributed by atoms with van der Waals surface area (Å²) < 4.78 is 11.7. The maximum Gasteiger partial charge on any atom is 0.336 e. The lowest BCUT2D eigenvalue weighted by Gasteiger charge is -2.31. The van der Waals surface area contributed by atoms with Crippen LogP contribution in [0.3, 0.4) is 0 Å². The minimum Gasteiger partial charge on any atom is -0.445 e. The van der Waals surface area contributed by atoms with Crippen molar-refractivity contribution in [1.29, 1.82) is 0 Å². The van der Waals surface area contributed by atoms with Crippen molar-refractivity contribution < 1.29 is 14.1 Å². The van der Waals surface area contributed by atoms with Crippen LogP contribution in [0.5, 0.6) is 5.75 Å². The summed E-state index contributed by atoms with van der Waals surface area (Å²) in [6, 6.07) is 16.5. The van der Waals surface area contributed by atoms with Crippen LogP contribution in [0.15, 0.2) is 57.7 Å². The Morgan fingerprint density at radius 1 is 1.15 bits per heavy atom. The van der Waals surface area contributed by atoms with Gasteiger partial charge in [-0.2, -0.15) is 0 Å². The predicted octanol–water partition coefficient (Wildman–Crippen LogP) is 3.63. The molecule has 3 aromatic rings. The fourth-order valence-corrected chi connectivity index (χ4v) is 3.91. The number of hydrogen-bond acceptors (Lipinski definition) is 3. The number of unbranched alkanes of at least 4 members (excludes halogenated alkanes) is 1. The molecule has 0 fully saturated rings. The molecule has 1 aliphatic heterocycles. The Hall–Kier alpha value is -2.59. The maximum atomic E-state index is 12.2. The molecule has 0 bridgehead atoms. The highest BCUT2D eigenvalue weighted by Crippen LogP contribution is 2.31. The zero-order valence-electron chi connectivity index (χ0n) is 16.0. The Morgan fingerprint density at radius 3 is 2.74 bits per heavy atom. The van der Waals surface area contributed by atoms with Gasteiger partial charge in [0.1, 0.15) is 18.3 Å². The van der Waals surface area contributed by atoms with E-state index in [0.29, 0.717) is 18.4 Å². The van der Waals surface area contributed by atoms with Gasteiger partial charge in [-0.05, 0) is 37.5 Å². The summed E-state index contributed by atoms with van der Waals surface area (Å²) in [5, 5.41) is 1.04. The van der Waals surface area contributed by atoms with Crippen molar-refractivity contribution in [2.24, 2.45) is 0 Å². The molecule has 1 unspecified atom stereocenters. The summed E-state index contributed by atoms with van der Waals surface area (Å²) in [4.78, 5) is 13.5. The molecule has 0 spiro atoms. The minimum atomic E-state index is -0.273. The number of quaternary nitrogens is 1. The van der Waals surface area contributed by atoms with Gasteiger partial charge in [-0.25, -0.2) is 4.79 Å². The summed E-state index contributed by atoms with van der Waals surface area (Å²) in [5.74, 6) is 0.835. The normalized spacial score (nSPS) is 17.3. The van der Waals surface area contributed by atoms with Crippen molar-refractivity contribution >= 4 is 11.0 Å². The molecule has 4 rings (SSSR count). The van der Waals surface area contributed by atoms with Gasteiger partial charge in [-0.15, -0.1) is 0 Å². The highest BCUT2D eigenvalue weighted by atomic mass is 16.5. The van der Waals surface area contributed by atoms with Crippen molar-refractivity contribution in [2.75, 3.05) is 6.73 Å². The van der Waals surface area contributed by atoms with Gasteiger partial charge >= 0.3 is 5.63 Å². The zero-order chi connectivity index (χ0) is 18.8. The molecule has 1 aromatic heterocycles. The van der Waals surface area contributed by atoms with Crippen LogP contribution < -0.4 is 15.3 Å². The van der Waals surface area contributed by atoms with Crippen LogP contribution in [0.1, 0.15) is 49.4 Å². The van der Waals surface area contributed by atoms with Gasteiger partial charge in [-0.3, -0.25) is 4.90 Å². The molecule has 0 amide bonds. The SMILES string of the molecule is CCCCc1cc(=O)oc2c3c(ccc12)OC[NH+]([C@@H](C)c1ccccc1)C3. The number of aryl methyl sites for hydroxylation is 1. The number of hydrogen-bond donors (Lipinski definition) is 1. The second-order valence-electron chi connectivity index (χ2n) is 7.37. The van der Waals surface area contributed by atoms with Gasteiger partial charge in [0.2, 0.25) is 6.73 Å². The largest absolute Gasteiger partial charge is 0.445 e. The summed E-state index contributed by atoms with van der Waals surface area (Å²) in [6.07, 6.45) is 3.06. The quantitative estimate of drug-likeness (QED) is 0.703. The number of fused-ring (bicyclic) bond motifs is 3. The highest BCUT2D eigenvalue weighted by molar-refractivity contribution is 5.85. The van der Waals surface area contributed by atoms with Crippen LogP contribution in [0, 0.1) is 0 Å². The first kappa shape index (κ1) is 17.8. The first-order valence-corrected chi connectivity index (χ1v) is 9.78. The second kappa shape index (κ2) is 7.57. The van der Waals surface area contributed by atoms with Gasteiger partial charge in [-0.1, -0.05) is 43.7 Å². The van der Waals surface area contributed by atoms with E-state index in [4.69, 9.17) is 9.15 Å². The summed E-state index contributed by atoms with van der Waals surface area (Å²) >= 11 is 0. The van der Waals surface area contributed by atoms with E-state index >= 15 is 0 Å². The zero-order valence-corrected chi connectivity index (χ0v) is 16.0. The molecular formula is C23H26NO3+. The van der Waals surface area contributed by atoms with Crippen LogP contribution in [0.4, 0.5) is 0 Å². The number of benzene rings is 2. The Bertz CT molecular complexity index is 994. The molecule has 2 heterocycles. The molecule has 2 atom stereocenters. The third-order valence-electron chi connectivity index (χ3n) is 5.59. The monoisotopic (exact) mass is 364 g/mol. The van der Waals surface area contributed by atoms with Crippen molar-refractivity contribution in [1.82, 2.24) is 0 Å². The van der Waals surface area contributed by atoms with Gasteiger partial charge in [0.25, 0.3) is 0 Å². The van der Waals surface area contributed by atoms with E-state index in [2.05, 4.69) is 38.1 Å². The fourth-order valence-electron chi connectivity index (χ4n) is 3.91. The molecule has 27 heavy (non-hydrogen) atoms. The molecule has 4 nitrogen and oxygen atoms in total. The third-order valence-corrected chi connectivity index (χ3v) is 5.59. The van der Waals surface area contributed by atoms with Gasteiger partial charge in [0, 0.05) is 17.0 Å². The molecular weight excluding hydrogens is 338 g/mol. The summed E-state index contributed by atoms with van der Waals surface area (Å²) in [5.41, 5.74) is 3.79. The van der Waals surface area contributed by atoms with Crippen molar-refractivity contribution in [2.45, 2.75) is 45.7 Å². The summed E-state index contributed by atoms with van der Waals surface area (Å²) in [7, 11) is 0. The maximum absolute atomic E-state index is 12.2. The van der Waals surface area contributed by atoms with E-state index in [1.54, 1.807) is 6.07 Å². The van der Waals surface area contributed by atoms with E-state index in [1.165, 1.54) is 10.5 Å². The number of rotatable bonds is 5. The van der Waals surface area contributed by atoms with E-state index in [0.717, 1.165) is 48.1 Å². The lowest BCUT2D eigenvalue weighted by atomic mass is 10.00. The molecule has 0 saturated carbocycles. The molecule has 1 aliphatic rings. The van der Waals surface area contributed by atoms with Gasteiger partial charge in [0.05, 0.1) is 5.56 Å². The molecule has 0 saturated heterocycles. The molecule has 1 N–H and O–H groups in total. The Morgan fingerprint density at radius 2 is 1.96 bits per heavy atom. The first-order chi connectivity index (χ1) is 13.2. The average Bonchev–Trinajstić information content (AvgIpc) is 2.71. The van der Waals surface area contributed by atoms with Gasteiger partial charge in [0.15, 0.2) is 5.58 Å². The van der Waals surface area contributed by atoms with Crippen LogP contribution in [0.25, 0.3) is 11.0 Å². The highest BCUT2D eigenvalue weighted by Gasteiger charge is 2.29. The lowest BCUT2D eigenvalue weighted by molar-refractivity contribution is -0.960. The van der Waals surface area contributed by atoms with Crippen molar-refractivity contribution in [3.63, 3.8) is 0 Å². The Balaban J connectivity index is 1.73. The van der Waals surface area contributed by atoms with Crippen LogP contribution in [-0.4, -0.2) is 6.73 Å². The first-order valence-electron chi connectivity index (χ1n) is 9.78. The van der Waals surface area contributed by atoms with E-state index < -0.39 is 0 Å².